The molecule has 0 saturated carbocycles. The summed E-state index contributed by atoms with van der Waals surface area (Å²) in [6.45, 7) is 2.17. The maximum Gasteiger partial charge on any atom is 0.245 e. The van der Waals surface area contributed by atoms with Crippen LogP contribution >= 0.6 is 0 Å². The molecule has 1 heterocycles. The van der Waals surface area contributed by atoms with Crippen LogP contribution in [0.3, 0.4) is 0 Å². The third kappa shape index (κ3) is 3.69. The number of hydrogen-bond donors (Lipinski definition) is 1. The van der Waals surface area contributed by atoms with Gasteiger partial charge in [0.25, 0.3) is 0 Å². The summed E-state index contributed by atoms with van der Waals surface area (Å²) < 4.78 is 13.1. The lowest BCUT2D eigenvalue weighted by Gasteiger charge is -2.26. The molecule has 0 saturated heterocycles. The largest absolute Gasteiger partial charge is 0.302 e. The van der Waals surface area contributed by atoms with Gasteiger partial charge in [-0.15, -0.1) is 0 Å². The van der Waals surface area contributed by atoms with Crippen LogP contribution in [0.1, 0.15) is 29.7 Å². The molecule has 0 spiro atoms. The molecule has 3 aromatic carbocycles. The van der Waals surface area contributed by atoms with Gasteiger partial charge < -0.3 is 5.32 Å². The van der Waals surface area contributed by atoms with Crippen molar-refractivity contribution in [1.29, 1.82) is 0 Å². The lowest BCUT2D eigenvalue weighted by molar-refractivity contribution is -0.117. The molecule has 3 nitrogen and oxygen atoms in total. The molecule has 142 valence electrons. The number of anilines is 2. The number of halogens is 1. The zero-order chi connectivity index (χ0) is 19.5. The maximum absolute atomic E-state index is 13.3. The average Bonchev–Trinajstić information content (AvgIpc) is 2.89. The van der Waals surface area contributed by atoms with Gasteiger partial charge >= 0.3 is 0 Å². The summed E-state index contributed by atoms with van der Waals surface area (Å²) in [6.07, 6.45) is 1.83. The Balaban J connectivity index is 1.59. The number of carbonyl (C=O) groups is 1. The van der Waals surface area contributed by atoms with Crippen molar-refractivity contribution in [1.82, 2.24) is 5.32 Å². The van der Waals surface area contributed by atoms with E-state index in [-0.39, 0.29) is 24.3 Å². The van der Waals surface area contributed by atoms with Crippen molar-refractivity contribution in [2.45, 2.75) is 25.8 Å². The fourth-order valence-electron chi connectivity index (χ4n) is 3.74. The van der Waals surface area contributed by atoms with Crippen LogP contribution in [0.5, 0.6) is 0 Å². The van der Waals surface area contributed by atoms with Crippen LogP contribution in [-0.2, 0) is 17.6 Å². The molecule has 1 atom stereocenters. The molecule has 1 N–H and O–H groups in total. The topological polar surface area (TPSA) is 32.3 Å². The van der Waals surface area contributed by atoms with Crippen molar-refractivity contribution in [2.24, 2.45) is 0 Å². The Morgan fingerprint density at radius 1 is 0.929 bits per heavy atom. The molecule has 3 aromatic rings. The highest BCUT2D eigenvalue weighted by atomic mass is 19.1. The van der Waals surface area contributed by atoms with Gasteiger partial charge in [0.05, 0.1) is 17.9 Å². The first kappa shape index (κ1) is 18.4. The standard InChI is InChI=1S/C24H23FN2O/c1-17(18-12-14-21(25)15-13-18)26-16-24(28)27-22-8-4-2-6-19(22)10-11-20-7-3-5-9-23(20)27/h2-9,12-15,17,26H,10-11,16H2,1H3/t17-/m1/s1. The fraction of sp³-hybridized carbons (Fsp3) is 0.208. The van der Waals surface area contributed by atoms with E-state index in [4.69, 9.17) is 0 Å². The Hall–Kier alpha value is -2.98. The number of nitrogens with zero attached hydrogens (tertiary/aromatic N) is 1. The lowest BCUT2D eigenvalue weighted by Crippen LogP contribution is -2.36. The summed E-state index contributed by atoms with van der Waals surface area (Å²) in [5.41, 5.74) is 5.21. The Labute approximate surface area is 164 Å². The van der Waals surface area contributed by atoms with Crippen molar-refractivity contribution in [3.05, 3.63) is 95.3 Å². The summed E-state index contributed by atoms with van der Waals surface area (Å²) in [4.78, 5) is 15.1. The summed E-state index contributed by atoms with van der Waals surface area (Å²) in [5.74, 6) is -0.263. The highest BCUT2D eigenvalue weighted by Gasteiger charge is 2.25. The lowest BCUT2D eigenvalue weighted by atomic mass is 10.0. The molecule has 0 fully saturated rings. The number of fused-ring (bicyclic) bond motifs is 2. The quantitative estimate of drug-likeness (QED) is 0.702. The first-order valence-electron chi connectivity index (χ1n) is 9.61. The molecule has 1 aliphatic heterocycles. The van der Waals surface area contributed by atoms with E-state index in [1.807, 2.05) is 48.2 Å². The van der Waals surface area contributed by atoms with E-state index in [2.05, 4.69) is 17.4 Å². The number of rotatable bonds is 4. The molecule has 0 aliphatic carbocycles. The predicted molar refractivity (Wildman–Crippen MR) is 110 cm³/mol. The molecule has 0 bridgehead atoms. The zero-order valence-corrected chi connectivity index (χ0v) is 15.9. The van der Waals surface area contributed by atoms with Gasteiger partial charge in [-0.2, -0.15) is 0 Å². The van der Waals surface area contributed by atoms with E-state index in [1.165, 1.54) is 23.3 Å². The number of amides is 1. The number of aryl methyl sites for hydroxylation is 2. The number of benzene rings is 3. The molecule has 0 radical (unpaired) electrons. The number of hydrogen-bond acceptors (Lipinski definition) is 2. The van der Waals surface area contributed by atoms with Crippen LogP contribution in [0, 0.1) is 5.82 Å². The highest BCUT2D eigenvalue weighted by Crippen LogP contribution is 2.35. The van der Waals surface area contributed by atoms with Crippen molar-refractivity contribution in [2.75, 3.05) is 11.4 Å². The van der Waals surface area contributed by atoms with E-state index in [0.717, 1.165) is 29.8 Å². The van der Waals surface area contributed by atoms with E-state index >= 15 is 0 Å². The van der Waals surface area contributed by atoms with E-state index in [9.17, 15) is 9.18 Å². The van der Waals surface area contributed by atoms with Crippen molar-refractivity contribution < 1.29 is 9.18 Å². The van der Waals surface area contributed by atoms with Gasteiger partial charge in [0.15, 0.2) is 0 Å². The number of nitrogens with one attached hydrogen (secondary N) is 1. The fourth-order valence-corrected chi connectivity index (χ4v) is 3.74. The highest BCUT2D eigenvalue weighted by molar-refractivity contribution is 6.03. The maximum atomic E-state index is 13.3. The molecule has 0 aromatic heterocycles. The van der Waals surface area contributed by atoms with Gasteiger partial charge in [-0.1, -0.05) is 48.5 Å². The van der Waals surface area contributed by atoms with Crippen LogP contribution in [0.15, 0.2) is 72.8 Å². The van der Waals surface area contributed by atoms with Crippen LogP contribution in [0.4, 0.5) is 15.8 Å². The van der Waals surface area contributed by atoms with Gasteiger partial charge in [-0.05, 0) is 60.7 Å². The van der Waals surface area contributed by atoms with Crippen molar-refractivity contribution in [3.63, 3.8) is 0 Å². The minimum atomic E-state index is -0.259. The Kier molecular flexibility index (Phi) is 5.22. The van der Waals surface area contributed by atoms with E-state index in [1.54, 1.807) is 12.1 Å². The van der Waals surface area contributed by atoms with Crippen molar-refractivity contribution in [3.8, 4) is 0 Å². The number of para-hydroxylation sites is 2. The Morgan fingerprint density at radius 3 is 2.04 bits per heavy atom. The number of carbonyl (C=O) groups excluding carboxylic acids is 1. The normalized spacial score (nSPS) is 14.0. The van der Waals surface area contributed by atoms with Crippen molar-refractivity contribution >= 4 is 17.3 Å². The Bertz CT molecular complexity index is 936. The molecule has 4 heteroatoms. The molecule has 1 amide bonds. The molecule has 4 rings (SSSR count). The summed E-state index contributed by atoms with van der Waals surface area (Å²) in [5, 5.41) is 3.28. The van der Waals surface area contributed by atoms with Gasteiger partial charge in [-0.25, -0.2) is 4.39 Å². The third-order valence-corrected chi connectivity index (χ3v) is 5.31. The van der Waals surface area contributed by atoms with Gasteiger partial charge in [-0.3, -0.25) is 9.69 Å². The predicted octanol–water partition coefficient (Wildman–Crippen LogP) is 4.94. The van der Waals surface area contributed by atoms with Gasteiger partial charge in [0, 0.05) is 6.04 Å². The minimum absolute atomic E-state index is 0.00392. The summed E-state index contributed by atoms with van der Waals surface area (Å²) in [7, 11) is 0. The first-order valence-corrected chi connectivity index (χ1v) is 9.61. The molecule has 28 heavy (non-hydrogen) atoms. The van der Waals surface area contributed by atoms with Gasteiger partial charge in [0.2, 0.25) is 5.91 Å². The SMILES string of the molecule is C[C@@H](NCC(=O)N1c2ccccc2CCc2ccccc21)c1ccc(F)cc1. The average molecular weight is 374 g/mol. The first-order chi connectivity index (χ1) is 13.6. The van der Waals surface area contributed by atoms with Gasteiger partial charge in [0.1, 0.15) is 5.82 Å². The monoisotopic (exact) mass is 374 g/mol. The summed E-state index contributed by atoms with van der Waals surface area (Å²) in [6, 6.07) is 22.5. The van der Waals surface area contributed by atoms with Crippen LogP contribution in [0.2, 0.25) is 0 Å². The summed E-state index contributed by atoms with van der Waals surface area (Å²) >= 11 is 0. The molecular weight excluding hydrogens is 351 g/mol. The molecular formula is C24H23FN2O. The molecule has 0 unspecified atom stereocenters. The Morgan fingerprint density at radius 2 is 1.46 bits per heavy atom. The molecule has 1 aliphatic rings. The van der Waals surface area contributed by atoms with E-state index < -0.39 is 0 Å². The smallest absolute Gasteiger partial charge is 0.245 e. The van der Waals surface area contributed by atoms with Crippen LogP contribution in [-0.4, -0.2) is 12.5 Å². The zero-order valence-electron chi connectivity index (χ0n) is 15.9. The van der Waals surface area contributed by atoms with Crippen LogP contribution in [0.25, 0.3) is 0 Å². The second-order valence-electron chi connectivity index (χ2n) is 7.14. The second kappa shape index (κ2) is 7.95. The van der Waals surface area contributed by atoms with E-state index in [0.29, 0.717) is 0 Å². The third-order valence-electron chi connectivity index (χ3n) is 5.31. The van der Waals surface area contributed by atoms with Crippen LogP contribution < -0.4 is 10.2 Å². The second-order valence-corrected chi connectivity index (χ2v) is 7.14. The minimum Gasteiger partial charge on any atom is -0.302 e.